The molecule has 1 aromatic heterocycles. The van der Waals surface area contributed by atoms with E-state index in [0.29, 0.717) is 0 Å². The lowest BCUT2D eigenvalue weighted by Gasteiger charge is -2.08. The summed E-state index contributed by atoms with van der Waals surface area (Å²) < 4.78 is 1.24. The average molecular weight is 363 g/mol. The summed E-state index contributed by atoms with van der Waals surface area (Å²) in [6.45, 7) is 0. The number of benzene rings is 1. The number of pyridine rings is 1. The molecule has 1 nitrogen and oxygen atoms in total. The van der Waals surface area contributed by atoms with E-state index >= 15 is 0 Å². The first-order chi connectivity index (χ1) is 9.42. The molecule has 0 aliphatic rings. The van der Waals surface area contributed by atoms with Crippen LogP contribution >= 0.6 is 22.6 Å². The molecule has 2 aromatic rings. The van der Waals surface area contributed by atoms with Gasteiger partial charge in [-0.15, -0.1) is 0 Å². The van der Waals surface area contributed by atoms with Gasteiger partial charge in [0.15, 0.2) is 0 Å². The van der Waals surface area contributed by atoms with Crippen molar-refractivity contribution in [1.29, 1.82) is 0 Å². The molecule has 1 heterocycles. The lowest BCUT2D eigenvalue weighted by atomic mass is 9.98. The van der Waals surface area contributed by atoms with E-state index in [9.17, 15) is 0 Å². The van der Waals surface area contributed by atoms with E-state index in [1.54, 1.807) is 0 Å². The Bertz CT molecular complexity index is 464. The van der Waals surface area contributed by atoms with Gasteiger partial charge in [0.2, 0.25) is 0 Å². The SMILES string of the molecule is ICCCC/C=C(\c1ccccc1)c1cccnc1. The number of aromatic nitrogens is 1. The fraction of sp³-hybridized carbons (Fsp3) is 0.235. The molecule has 0 saturated heterocycles. The molecule has 0 aliphatic heterocycles. The Morgan fingerprint density at radius 3 is 2.47 bits per heavy atom. The lowest BCUT2D eigenvalue weighted by molar-refractivity contribution is 0.831. The van der Waals surface area contributed by atoms with Crippen LogP contribution in [0.1, 0.15) is 30.4 Å². The second-order valence-electron chi connectivity index (χ2n) is 4.41. The fourth-order valence-corrected chi connectivity index (χ4v) is 2.57. The third-order valence-electron chi connectivity index (χ3n) is 2.99. The van der Waals surface area contributed by atoms with Gasteiger partial charge in [0.05, 0.1) is 0 Å². The first-order valence-electron chi connectivity index (χ1n) is 6.64. The molecule has 19 heavy (non-hydrogen) atoms. The summed E-state index contributed by atoms with van der Waals surface area (Å²) in [7, 11) is 0. The van der Waals surface area contributed by atoms with Crippen molar-refractivity contribution in [3.63, 3.8) is 0 Å². The highest BCUT2D eigenvalue weighted by molar-refractivity contribution is 14.1. The van der Waals surface area contributed by atoms with E-state index < -0.39 is 0 Å². The molecule has 1 aromatic carbocycles. The van der Waals surface area contributed by atoms with E-state index in [1.807, 2.05) is 18.5 Å². The number of hydrogen-bond acceptors (Lipinski definition) is 1. The van der Waals surface area contributed by atoms with Crippen LogP contribution in [0.4, 0.5) is 0 Å². The van der Waals surface area contributed by atoms with Crippen molar-refractivity contribution >= 4 is 28.2 Å². The molecule has 0 atom stereocenters. The standard InChI is InChI=1S/C17H18IN/c18-12-6-2-5-11-17(15-8-3-1-4-9-15)16-10-7-13-19-14-16/h1,3-4,7-11,13-14H,2,5-6,12H2/b17-11+. The molecule has 2 heteroatoms. The van der Waals surface area contributed by atoms with E-state index in [4.69, 9.17) is 0 Å². The maximum Gasteiger partial charge on any atom is 0.0346 e. The van der Waals surface area contributed by atoms with Crippen molar-refractivity contribution in [2.24, 2.45) is 0 Å². The monoisotopic (exact) mass is 363 g/mol. The first-order valence-corrected chi connectivity index (χ1v) is 8.16. The second kappa shape index (κ2) is 8.10. The molecule has 0 radical (unpaired) electrons. The van der Waals surface area contributed by atoms with E-state index in [0.717, 1.165) is 6.42 Å². The van der Waals surface area contributed by atoms with E-state index in [-0.39, 0.29) is 0 Å². The summed E-state index contributed by atoms with van der Waals surface area (Å²) in [4.78, 5) is 4.23. The van der Waals surface area contributed by atoms with Gasteiger partial charge in [-0.25, -0.2) is 0 Å². The quantitative estimate of drug-likeness (QED) is 0.394. The molecule has 0 saturated carbocycles. The predicted molar refractivity (Wildman–Crippen MR) is 90.5 cm³/mol. The number of rotatable bonds is 6. The summed E-state index contributed by atoms with van der Waals surface area (Å²) in [5.74, 6) is 0. The molecular formula is C17H18IN. The van der Waals surface area contributed by atoms with Gasteiger partial charge in [0.1, 0.15) is 0 Å². The molecule has 0 spiro atoms. The Hall–Kier alpha value is -1.16. The minimum Gasteiger partial charge on any atom is -0.264 e. The summed E-state index contributed by atoms with van der Waals surface area (Å²) in [6.07, 6.45) is 9.77. The Kier molecular flexibility index (Phi) is 6.08. The van der Waals surface area contributed by atoms with Crippen LogP contribution in [0.15, 0.2) is 60.9 Å². The van der Waals surface area contributed by atoms with Gasteiger partial charge in [-0.2, -0.15) is 0 Å². The number of allylic oxidation sites excluding steroid dienone is 1. The largest absolute Gasteiger partial charge is 0.264 e. The molecule has 0 N–H and O–H groups in total. The van der Waals surface area contributed by atoms with Gasteiger partial charge in [0.25, 0.3) is 0 Å². The molecule has 0 bridgehead atoms. The normalized spacial score (nSPS) is 11.5. The van der Waals surface area contributed by atoms with Crippen molar-refractivity contribution < 1.29 is 0 Å². The molecule has 0 amide bonds. The van der Waals surface area contributed by atoms with Gasteiger partial charge in [-0.05, 0) is 40.9 Å². The van der Waals surface area contributed by atoms with Crippen molar-refractivity contribution in [2.45, 2.75) is 19.3 Å². The highest BCUT2D eigenvalue weighted by Gasteiger charge is 2.03. The maximum atomic E-state index is 4.23. The molecule has 0 fully saturated rings. The van der Waals surface area contributed by atoms with E-state index in [2.05, 4.69) is 70.0 Å². The van der Waals surface area contributed by atoms with Crippen LogP contribution in [0.25, 0.3) is 5.57 Å². The number of alkyl halides is 1. The molecule has 0 unspecified atom stereocenters. The van der Waals surface area contributed by atoms with Crippen LogP contribution in [-0.4, -0.2) is 9.41 Å². The summed E-state index contributed by atoms with van der Waals surface area (Å²) in [6, 6.07) is 14.7. The van der Waals surface area contributed by atoms with Crippen LogP contribution in [-0.2, 0) is 0 Å². The first kappa shape index (κ1) is 14.3. The van der Waals surface area contributed by atoms with Crippen molar-refractivity contribution in [3.05, 3.63) is 72.1 Å². The van der Waals surface area contributed by atoms with Gasteiger partial charge < -0.3 is 0 Å². The molecule has 98 valence electrons. The molecule has 2 rings (SSSR count). The van der Waals surface area contributed by atoms with Crippen molar-refractivity contribution in [2.75, 3.05) is 4.43 Å². The number of nitrogens with zero attached hydrogens (tertiary/aromatic N) is 1. The average Bonchev–Trinajstić information content (AvgIpc) is 2.49. The Morgan fingerprint density at radius 2 is 1.79 bits per heavy atom. The minimum atomic E-state index is 1.13. The van der Waals surface area contributed by atoms with Crippen LogP contribution in [0.3, 0.4) is 0 Å². The number of halogens is 1. The van der Waals surface area contributed by atoms with Crippen molar-refractivity contribution in [1.82, 2.24) is 4.98 Å². The third kappa shape index (κ3) is 4.46. The number of hydrogen-bond donors (Lipinski definition) is 0. The van der Waals surface area contributed by atoms with E-state index in [1.165, 1.54) is 34.0 Å². The molecular weight excluding hydrogens is 345 g/mol. The highest BCUT2D eigenvalue weighted by atomic mass is 127. The Labute approximate surface area is 128 Å². The smallest absolute Gasteiger partial charge is 0.0346 e. The topological polar surface area (TPSA) is 12.9 Å². The summed E-state index contributed by atoms with van der Waals surface area (Å²) in [5, 5.41) is 0. The lowest BCUT2D eigenvalue weighted by Crippen LogP contribution is -1.89. The van der Waals surface area contributed by atoms with Crippen LogP contribution in [0, 0.1) is 0 Å². The minimum absolute atomic E-state index is 1.13. The maximum absolute atomic E-state index is 4.23. The predicted octanol–water partition coefficient (Wildman–Crippen LogP) is 5.12. The Balaban J connectivity index is 2.24. The summed E-state index contributed by atoms with van der Waals surface area (Å²) in [5.41, 5.74) is 3.76. The van der Waals surface area contributed by atoms with Gasteiger partial charge in [-0.1, -0.05) is 65.1 Å². The zero-order chi connectivity index (χ0) is 13.3. The van der Waals surface area contributed by atoms with Gasteiger partial charge in [-0.3, -0.25) is 4.98 Å². The van der Waals surface area contributed by atoms with Crippen LogP contribution < -0.4 is 0 Å². The molecule has 0 aliphatic carbocycles. The zero-order valence-corrected chi connectivity index (χ0v) is 13.1. The van der Waals surface area contributed by atoms with Crippen molar-refractivity contribution in [3.8, 4) is 0 Å². The van der Waals surface area contributed by atoms with Gasteiger partial charge >= 0.3 is 0 Å². The highest BCUT2D eigenvalue weighted by Crippen LogP contribution is 2.23. The third-order valence-corrected chi connectivity index (χ3v) is 3.76. The fourth-order valence-electron chi connectivity index (χ4n) is 2.03. The van der Waals surface area contributed by atoms with Gasteiger partial charge in [0, 0.05) is 18.0 Å². The van der Waals surface area contributed by atoms with Crippen LogP contribution in [0.2, 0.25) is 0 Å². The summed E-state index contributed by atoms with van der Waals surface area (Å²) >= 11 is 2.44. The second-order valence-corrected chi connectivity index (χ2v) is 5.49. The zero-order valence-electron chi connectivity index (χ0n) is 10.9. The number of unbranched alkanes of at least 4 members (excludes halogenated alkanes) is 2. The Morgan fingerprint density at radius 1 is 1.00 bits per heavy atom. The van der Waals surface area contributed by atoms with Crippen LogP contribution in [0.5, 0.6) is 0 Å².